The van der Waals surface area contributed by atoms with Crippen molar-refractivity contribution in [2.45, 2.75) is 39.5 Å². The van der Waals surface area contributed by atoms with Gasteiger partial charge >= 0.3 is 11.9 Å². The minimum absolute atomic E-state index is 0.126. The van der Waals surface area contributed by atoms with Crippen molar-refractivity contribution in [2.24, 2.45) is 0 Å². The number of hydrogen-bond acceptors (Lipinski definition) is 5. The highest BCUT2D eigenvalue weighted by Crippen LogP contribution is 2.30. The zero-order chi connectivity index (χ0) is 15.8. The maximum absolute atomic E-state index is 11.9. The molecule has 1 heterocycles. The van der Waals surface area contributed by atoms with Crippen molar-refractivity contribution in [2.75, 3.05) is 11.9 Å². The second-order valence-electron chi connectivity index (χ2n) is 4.37. The molecule has 0 unspecified atom stereocenters. The first-order valence-corrected chi connectivity index (χ1v) is 7.61. The molecule has 2 N–H and O–H groups in total. The van der Waals surface area contributed by atoms with E-state index in [4.69, 9.17) is 9.84 Å². The van der Waals surface area contributed by atoms with E-state index in [1.807, 2.05) is 6.92 Å². The largest absolute Gasteiger partial charge is 0.481 e. The fourth-order valence-electron chi connectivity index (χ4n) is 1.67. The Bertz CT molecular complexity index is 523. The lowest BCUT2D eigenvalue weighted by Crippen LogP contribution is -2.15. The number of nitrogens with one attached hydrogen (secondary N) is 1. The van der Waals surface area contributed by atoms with Crippen molar-refractivity contribution in [1.29, 1.82) is 0 Å². The smallest absolute Gasteiger partial charge is 0.341 e. The van der Waals surface area contributed by atoms with E-state index >= 15 is 0 Å². The van der Waals surface area contributed by atoms with Crippen molar-refractivity contribution in [3.63, 3.8) is 0 Å². The predicted octanol–water partition coefficient (Wildman–Crippen LogP) is 2.68. The Balaban J connectivity index is 2.84. The second kappa shape index (κ2) is 8.41. The van der Waals surface area contributed by atoms with Crippen molar-refractivity contribution in [3.8, 4) is 0 Å². The number of anilines is 1. The molecule has 7 heteroatoms. The van der Waals surface area contributed by atoms with Gasteiger partial charge in [-0.3, -0.25) is 9.59 Å². The number of aryl methyl sites for hydroxylation is 1. The molecule has 0 radical (unpaired) electrons. The molecule has 0 saturated carbocycles. The lowest BCUT2D eigenvalue weighted by molar-refractivity contribution is -0.138. The summed E-state index contributed by atoms with van der Waals surface area (Å²) in [6.07, 6.45) is 1.36. The molecule has 0 aliphatic carbocycles. The van der Waals surface area contributed by atoms with Gasteiger partial charge in [-0.05, 0) is 19.4 Å². The number of aliphatic carboxylic acids is 1. The molecule has 1 aromatic rings. The van der Waals surface area contributed by atoms with Crippen molar-refractivity contribution >= 4 is 34.2 Å². The molecule has 0 aliphatic heterocycles. The second-order valence-corrected chi connectivity index (χ2v) is 5.50. The average molecular weight is 313 g/mol. The molecule has 21 heavy (non-hydrogen) atoms. The van der Waals surface area contributed by atoms with Crippen LogP contribution in [0.2, 0.25) is 0 Å². The zero-order valence-corrected chi connectivity index (χ0v) is 12.9. The minimum atomic E-state index is -1.03. The number of thiophene rings is 1. The van der Waals surface area contributed by atoms with Gasteiger partial charge in [0.2, 0.25) is 5.91 Å². The Morgan fingerprint density at radius 3 is 2.57 bits per heavy atom. The highest BCUT2D eigenvalue weighted by molar-refractivity contribution is 7.16. The van der Waals surface area contributed by atoms with Gasteiger partial charge in [0.1, 0.15) is 5.00 Å². The van der Waals surface area contributed by atoms with Gasteiger partial charge in [0.25, 0.3) is 0 Å². The van der Waals surface area contributed by atoms with Crippen molar-refractivity contribution < 1.29 is 24.2 Å². The Hall–Kier alpha value is -1.89. The molecule has 0 saturated heterocycles. The summed E-state index contributed by atoms with van der Waals surface area (Å²) in [5.74, 6) is -1.94. The summed E-state index contributed by atoms with van der Waals surface area (Å²) in [6, 6.07) is 1.72. The van der Waals surface area contributed by atoms with Crippen LogP contribution in [0.1, 0.15) is 48.3 Å². The van der Waals surface area contributed by atoms with Crippen molar-refractivity contribution in [3.05, 3.63) is 16.5 Å². The van der Waals surface area contributed by atoms with E-state index in [9.17, 15) is 14.4 Å². The van der Waals surface area contributed by atoms with Crippen LogP contribution in [-0.4, -0.2) is 29.6 Å². The number of carboxylic acid groups (broad SMARTS) is 1. The Kier molecular flexibility index (Phi) is 6.87. The molecule has 0 bridgehead atoms. The quantitative estimate of drug-likeness (QED) is 0.720. The van der Waals surface area contributed by atoms with Crippen LogP contribution in [0.15, 0.2) is 6.07 Å². The maximum Gasteiger partial charge on any atom is 0.341 e. The molecule has 116 valence electrons. The first-order valence-electron chi connectivity index (χ1n) is 6.79. The van der Waals surface area contributed by atoms with Crippen LogP contribution in [0.5, 0.6) is 0 Å². The topological polar surface area (TPSA) is 92.7 Å². The van der Waals surface area contributed by atoms with E-state index < -0.39 is 17.8 Å². The lowest BCUT2D eigenvalue weighted by Gasteiger charge is -2.05. The van der Waals surface area contributed by atoms with Gasteiger partial charge in [0, 0.05) is 11.3 Å². The molecule has 0 fully saturated rings. The third kappa shape index (κ3) is 5.55. The van der Waals surface area contributed by atoms with Crippen LogP contribution in [0.4, 0.5) is 5.00 Å². The Morgan fingerprint density at radius 1 is 1.29 bits per heavy atom. The molecule has 1 amide bonds. The number of carbonyl (C=O) groups is 3. The summed E-state index contributed by atoms with van der Waals surface area (Å²) in [5, 5.41) is 11.6. The number of carboxylic acids is 1. The zero-order valence-electron chi connectivity index (χ0n) is 12.1. The van der Waals surface area contributed by atoms with E-state index in [-0.39, 0.29) is 19.4 Å². The molecule has 0 spiro atoms. The first kappa shape index (κ1) is 17.2. The van der Waals surface area contributed by atoms with Crippen molar-refractivity contribution in [1.82, 2.24) is 0 Å². The lowest BCUT2D eigenvalue weighted by atomic mass is 10.2. The summed E-state index contributed by atoms with van der Waals surface area (Å²) in [7, 11) is 0. The van der Waals surface area contributed by atoms with Crippen LogP contribution in [-0.2, 0) is 20.7 Å². The SMILES string of the molecule is CCCc1cc(C(=O)OCC)c(NC(=O)CCC(=O)O)s1. The molecular formula is C14H19NO5S. The fourth-order valence-corrected chi connectivity index (χ4v) is 2.84. The van der Waals surface area contributed by atoms with Gasteiger partial charge in [-0.25, -0.2) is 4.79 Å². The molecule has 1 rings (SSSR count). The maximum atomic E-state index is 11.9. The van der Waals surface area contributed by atoms with Gasteiger partial charge in [-0.1, -0.05) is 13.3 Å². The first-order chi connectivity index (χ1) is 9.97. The summed E-state index contributed by atoms with van der Waals surface area (Å²) in [4.78, 5) is 35.0. The number of amides is 1. The average Bonchev–Trinajstić information content (AvgIpc) is 2.80. The van der Waals surface area contributed by atoms with Gasteiger partial charge in [-0.15, -0.1) is 11.3 Å². The van der Waals surface area contributed by atoms with Crippen LogP contribution in [0.3, 0.4) is 0 Å². The molecular weight excluding hydrogens is 294 g/mol. The predicted molar refractivity (Wildman–Crippen MR) is 79.8 cm³/mol. The highest BCUT2D eigenvalue weighted by Gasteiger charge is 2.19. The highest BCUT2D eigenvalue weighted by atomic mass is 32.1. The van der Waals surface area contributed by atoms with Gasteiger partial charge < -0.3 is 15.2 Å². The van der Waals surface area contributed by atoms with E-state index in [0.29, 0.717) is 10.6 Å². The van der Waals surface area contributed by atoms with E-state index in [1.165, 1.54) is 11.3 Å². The number of esters is 1. The number of hydrogen-bond donors (Lipinski definition) is 2. The summed E-state index contributed by atoms with van der Waals surface area (Å²) in [5.41, 5.74) is 0.328. The van der Waals surface area contributed by atoms with Gasteiger partial charge in [-0.2, -0.15) is 0 Å². The van der Waals surface area contributed by atoms with E-state index in [1.54, 1.807) is 13.0 Å². The van der Waals surface area contributed by atoms with Crippen LogP contribution < -0.4 is 5.32 Å². The van der Waals surface area contributed by atoms with E-state index in [2.05, 4.69) is 5.32 Å². The van der Waals surface area contributed by atoms with Gasteiger partial charge in [0.05, 0.1) is 18.6 Å². The summed E-state index contributed by atoms with van der Waals surface area (Å²) >= 11 is 1.32. The third-order valence-corrected chi connectivity index (χ3v) is 3.70. The third-order valence-electron chi connectivity index (χ3n) is 2.59. The summed E-state index contributed by atoms with van der Waals surface area (Å²) < 4.78 is 4.96. The normalized spacial score (nSPS) is 10.2. The summed E-state index contributed by atoms with van der Waals surface area (Å²) in [6.45, 7) is 3.99. The molecule has 0 aliphatic rings. The fraction of sp³-hybridized carbons (Fsp3) is 0.500. The molecule has 0 aromatic carbocycles. The molecule has 1 aromatic heterocycles. The number of carbonyl (C=O) groups excluding carboxylic acids is 2. The van der Waals surface area contributed by atoms with Crippen LogP contribution >= 0.6 is 11.3 Å². The number of ether oxygens (including phenoxy) is 1. The monoisotopic (exact) mass is 313 g/mol. The Morgan fingerprint density at radius 2 is 2.00 bits per heavy atom. The van der Waals surface area contributed by atoms with Crippen LogP contribution in [0.25, 0.3) is 0 Å². The molecule has 0 atom stereocenters. The van der Waals surface area contributed by atoms with E-state index in [0.717, 1.165) is 17.7 Å². The minimum Gasteiger partial charge on any atom is -0.481 e. The standard InChI is InChI=1S/C14H19NO5S/c1-3-5-9-8-10(14(19)20-4-2)13(21-9)15-11(16)6-7-12(17)18/h8H,3-7H2,1-2H3,(H,15,16)(H,17,18). The Labute approximate surface area is 127 Å². The molecule has 6 nitrogen and oxygen atoms in total. The van der Waals surface area contributed by atoms with Gasteiger partial charge in [0.15, 0.2) is 0 Å². The van der Waals surface area contributed by atoms with Crippen LogP contribution in [0, 0.1) is 0 Å². The number of rotatable bonds is 8.